The highest BCUT2D eigenvalue weighted by Crippen LogP contribution is 2.29. The Morgan fingerprint density at radius 1 is 1.37 bits per heavy atom. The van der Waals surface area contributed by atoms with E-state index in [0.717, 1.165) is 0 Å². The zero-order valence-electron chi connectivity index (χ0n) is 11.4. The molecule has 0 spiro atoms. The van der Waals surface area contributed by atoms with Crippen LogP contribution in [-0.2, 0) is 0 Å². The van der Waals surface area contributed by atoms with E-state index in [2.05, 4.69) is 10.3 Å². The van der Waals surface area contributed by atoms with Crippen LogP contribution in [0, 0.1) is 0 Å². The van der Waals surface area contributed by atoms with Gasteiger partial charge in [0.1, 0.15) is 11.3 Å². The van der Waals surface area contributed by atoms with Crippen molar-refractivity contribution in [2.75, 3.05) is 0 Å². The molecule has 2 aromatic heterocycles. The molecule has 0 aliphatic carbocycles. The fourth-order valence-electron chi connectivity index (χ4n) is 1.84. The maximum atomic E-state index is 11.4. The number of aromatic carboxylic acids is 1. The van der Waals surface area contributed by atoms with Crippen molar-refractivity contribution in [3.05, 3.63) is 23.7 Å². The molecule has 0 fully saturated rings. The van der Waals surface area contributed by atoms with Crippen molar-refractivity contribution in [3.63, 3.8) is 0 Å². The predicted octanol–water partition coefficient (Wildman–Crippen LogP) is 2.94. The summed E-state index contributed by atoms with van der Waals surface area (Å²) in [5, 5.41) is 17.4. The third kappa shape index (κ3) is 2.38. The fourth-order valence-corrected chi connectivity index (χ4v) is 1.84. The van der Waals surface area contributed by atoms with Gasteiger partial charge in [-0.3, -0.25) is 4.68 Å². The number of hydrogen-bond donors (Lipinski definition) is 1. The summed E-state index contributed by atoms with van der Waals surface area (Å²) < 4.78 is 6.93. The lowest BCUT2D eigenvalue weighted by Gasteiger charge is -2.03. The molecule has 0 amide bonds. The minimum absolute atomic E-state index is 0.0347. The average molecular weight is 263 g/mol. The molecule has 2 rings (SSSR count). The standard InChI is InChI=1S/C13H17N3O3/c1-7(2)12-10(13(17)18)11(15-19-12)9-5-14-16(6-9)8(3)4/h5-8H,1-4H3,(H,17,18). The van der Waals surface area contributed by atoms with Crippen LogP contribution in [0.15, 0.2) is 16.9 Å². The SMILES string of the molecule is CC(C)c1onc(-c2cnn(C(C)C)c2)c1C(=O)O. The van der Waals surface area contributed by atoms with Crippen molar-refractivity contribution in [3.8, 4) is 11.3 Å². The first-order valence-electron chi connectivity index (χ1n) is 6.19. The van der Waals surface area contributed by atoms with Crippen LogP contribution in [0.5, 0.6) is 0 Å². The van der Waals surface area contributed by atoms with Gasteiger partial charge in [-0.2, -0.15) is 5.10 Å². The summed E-state index contributed by atoms with van der Waals surface area (Å²) in [5.41, 5.74) is 1.11. The minimum atomic E-state index is -1.03. The Kier molecular flexibility index (Phi) is 3.42. The topological polar surface area (TPSA) is 81.2 Å². The summed E-state index contributed by atoms with van der Waals surface area (Å²) >= 11 is 0. The number of nitrogens with zero attached hydrogens (tertiary/aromatic N) is 3. The van der Waals surface area contributed by atoms with Crippen LogP contribution in [0.4, 0.5) is 0 Å². The summed E-state index contributed by atoms with van der Waals surface area (Å²) in [6, 6.07) is 0.207. The highest BCUT2D eigenvalue weighted by Gasteiger charge is 2.26. The summed E-state index contributed by atoms with van der Waals surface area (Å²) in [6.45, 7) is 7.73. The van der Waals surface area contributed by atoms with E-state index in [-0.39, 0.29) is 17.5 Å². The molecular weight excluding hydrogens is 246 g/mol. The molecule has 0 aliphatic rings. The zero-order valence-corrected chi connectivity index (χ0v) is 11.4. The molecule has 0 bridgehead atoms. The Labute approximate surface area is 111 Å². The van der Waals surface area contributed by atoms with Crippen molar-refractivity contribution < 1.29 is 14.4 Å². The molecule has 0 aliphatic heterocycles. The van der Waals surface area contributed by atoms with Crippen LogP contribution < -0.4 is 0 Å². The summed E-state index contributed by atoms with van der Waals surface area (Å²) in [6.07, 6.45) is 3.38. The van der Waals surface area contributed by atoms with Gasteiger partial charge in [0.2, 0.25) is 0 Å². The molecule has 19 heavy (non-hydrogen) atoms. The molecule has 0 aromatic carbocycles. The number of carboxylic acid groups (broad SMARTS) is 1. The largest absolute Gasteiger partial charge is 0.477 e. The molecule has 2 heterocycles. The maximum Gasteiger partial charge on any atom is 0.341 e. The monoisotopic (exact) mass is 263 g/mol. The van der Waals surface area contributed by atoms with E-state index in [9.17, 15) is 9.90 Å². The van der Waals surface area contributed by atoms with E-state index >= 15 is 0 Å². The third-order valence-electron chi connectivity index (χ3n) is 2.86. The summed E-state index contributed by atoms with van der Waals surface area (Å²) in [7, 11) is 0. The second-order valence-electron chi connectivity index (χ2n) is 5.03. The lowest BCUT2D eigenvalue weighted by Crippen LogP contribution is -2.02. The van der Waals surface area contributed by atoms with Crippen LogP contribution >= 0.6 is 0 Å². The van der Waals surface area contributed by atoms with Gasteiger partial charge in [0.15, 0.2) is 5.76 Å². The molecule has 0 atom stereocenters. The third-order valence-corrected chi connectivity index (χ3v) is 2.86. The first kappa shape index (κ1) is 13.3. The maximum absolute atomic E-state index is 11.4. The van der Waals surface area contributed by atoms with Crippen molar-refractivity contribution >= 4 is 5.97 Å². The number of hydrogen-bond acceptors (Lipinski definition) is 4. The molecule has 6 nitrogen and oxygen atoms in total. The molecule has 0 saturated heterocycles. The number of carbonyl (C=O) groups is 1. The van der Waals surface area contributed by atoms with E-state index in [1.54, 1.807) is 17.1 Å². The molecule has 0 unspecified atom stereocenters. The number of rotatable bonds is 4. The summed E-state index contributed by atoms with van der Waals surface area (Å²) in [4.78, 5) is 11.4. The van der Waals surface area contributed by atoms with Crippen LogP contribution in [0.25, 0.3) is 11.3 Å². The van der Waals surface area contributed by atoms with Gasteiger partial charge < -0.3 is 9.63 Å². The van der Waals surface area contributed by atoms with Crippen LogP contribution in [0.1, 0.15) is 55.8 Å². The number of carboxylic acids is 1. The van der Waals surface area contributed by atoms with Crippen LogP contribution in [0.3, 0.4) is 0 Å². The van der Waals surface area contributed by atoms with Crippen molar-refractivity contribution in [2.24, 2.45) is 0 Å². The molecular formula is C13H17N3O3. The van der Waals surface area contributed by atoms with E-state index < -0.39 is 5.97 Å². The Balaban J connectivity index is 2.52. The van der Waals surface area contributed by atoms with Gasteiger partial charge >= 0.3 is 5.97 Å². The van der Waals surface area contributed by atoms with Gasteiger partial charge in [0, 0.05) is 23.7 Å². The molecule has 6 heteroatoms. The van der Waals surface area contributed by atoms with Crippen molar-refractivity contribution in [1.29, 1.82) is 0 Å². The van der Waals surface area contributed by atoms with E-state index in [1.165, 1.54) is 0 Å². The molecule has 0 saturated carbocycles. The molecule has 2 aromatic rings. The highest BCUT2D eigenvalue weighted by atomic mass is 16.5. The Morgan fingerprint density at radius 2 is 2.05 bits per heavy atom. The lowest BCUT2D eigenvalue weighted by molar-refractivity contribution is 0.0694. The molecule has 102 valence electrons. The van der Waals surface area contributed by atoms with Crippen molar-refractivity contribution in [1.82, 2.24) is 14.9 Å². The highest BCUT2D eigenvalue weighted by molar-refractivity contribution is 5.95. The zero-order chi connectivity index (χ0) is 14.2. The normalized spacial score (nSPS) is 11.5. The smallest absolute Gasteiger partial charge is 0.341 e. The Hall–Kier alpha value is -2.11. The van der Waals surface area contributed by atoms with Crippen LogP contribution in [-0.4, -0.2) is 26.0 Å². The van der Waals surface area contributed by atoms with Gasteiger partial charge in [0.25, 0.3) is 0 Å². The van der Waals surface area contributed by atoms with E-state index in [4.69, 9.17) is 4.52 Å². The lowest BCUT2D eigenvalue weighted by atomic mass is 10.0. The quantitative estimate of drug-likeness (QED) is 0.917. The minimum Gasteiger partial charge on any atom is -0.477 e. The Bertz CT molecular complexity index is 596. The Morgan fingerprint density at radius 3 is 2.53 bits per heavy atom. The molecule has 1 N–H and O–H groups in total. The first-order chi connectivity index (χ1) is 8.91. The molecule has 0 radical (unpaired) electrons. The van der Waals surface area contributed by atoms with Crippen molar-refractivity contribution in [2.45, 2.75) is 39.7 Å². The van der Waals surface area contributed by atoms with Gasteiger partial charge in [-0.05, 0) is 13.8 Å². The van der Waals surface area contributed by atoms with Gasteiger partial charge in [-0.1, -0.05) is 19.0 Å². The van der Waals surface area contributed by atoms with Gasteiger partial charge in [-0.25, -0.2) is 4.79 Å². The predicted molar refractivity (Wildman–Crippen MR) is 69.2 cm³/mol. The summed E-state index contributed by atoms with van der Waals surface area (Å²) in [5.74, 6) is -0.676. The number of aromatic nitrogens is 3. The van der Waals surface area contributed by atoms with Gasteiger partial charge in [-0.15, -0.1) is 0 Å². The fraction of sp³-hybridized carbons (Fsp3) is 0.462. The van der Waals surface area contributed by atoms with E-state index in [0.29, 0.717) is 17.0 Å². The average Bonchev–Trinajstić information content (AvgIpc) is 2.95. The van der Waals surface area contributed by atoms with E-state index in [1.807, 2.05) is 27.7 Å². The van der Waals surface area contributed by atoms with Crippen LogP contribution in [0.2, 0.25) is 0 Å². The first-order valence-corrected chi connectivity index (χ1v) is 6.19. The second kappa shape index (κ2) is 4.87. The second-order valence-corrected chi connectivity index (χ2v) is 5.03. The van der Waals surface area contributed by atoms with Gasteiger partial charge in [0.05, 0.1) is 6.20 Å².